The van der Waals surface area contributed by atoms with Crippen molar-refractivity contribution in [3.63, 3.8) is 0 Å². The summed E-state index contributed by atoms with van der Waals surface area (Å²) in [5.74, 6) is 1.88. The van der Waals surface area contributed by atoms with E-state index in [0.29, 0.717) is 12.5 Å². The van der Waals surface area contributed by atoms with Gasteiger partial charge in [0.25, 0.3) is 0 Å². The van der Waals surface area contributed by atoms with Crippen LogP contribution in [-0.4, -0.2) is 43.4 Å². The lowest BCUT2D eigenvalue weighted by Crippen LogP contribution is -2.49. The number of benzene rings is 1. The number of nitrogens with zero attached hydrogens (tertiary/aromatic N) is 1. The molecule has 0 saturated heterocycles. The number of amides is 1. The fourth-order valence-electron chi connectivity index (χ4n) is 3.70. The smallest absolute Gasteiger partial charge is 0.410 e. The zero-order chi connectivity index (χ0) is 19.5. The average molecular weight is 363 g/mol. The molecule has 2 atom stereocenters. The van der Waals surface area contributed by atoms with E-state index in [-0.39, 0.29) is 12.1 Å². The van der Waals surface area contributed by atoms with Gasteiger partial charge < -0.3 is 19.1 Å². The number of carbonyl (C=O) groups is 1. The predicted molar refractivity (Wildman–Crippen MR) is 103 cm³/mol. The van der Waals surface area contributed by atoms with Crippen molar-refractivity contribution in [2.45, 2.75) is 65.5 Å². The Labute approximate surface area is 157 Å². The fraction of sp³-hybridized carbons (Fsp3) is 0.667. The van der Waals surface area contributed by atoms with Crippen molar-refractivity contribution in [1.82, 2.24) is 4.90 Å². The highest BCUT2D eigenvalue weighted by atomic mass is 16.6. The molecule has 1 aromatic carbocycles. The van der Waals surface area contributed by atoms with Crippen LogP contribution in [0.1, 0.15) is 52.2 Å². The summed E-state index contributed by atoms with van der Waals surface area (Å²) in [7, 11) is 3.34. The maximum atomic E-state index is 12.8. The van der Waals surface area contributed by atoms with Crippen molar-refractivity contribution >= 4 is 6.09 Å². The Hall–Kier alpha value is -1.91. The first kappa shape index (κ1) is 20.4. The summed E-state index contributed by atoms with van der Waals surface area (Å²) >= 11 is 0. The zero-order valence-corrected chi connectivity index (χ0v) is 17.2. The van der Waals surface area contributed by atoms with Crippen molar-refractivity contribution in [2.75, 3.05) is 20.8 Å². The summed E-state index contributed by atoms with van der Waals surface area (Å²) in [5.41, 5.74) is 1.92. The van der Waals surface area contributed by atoms with Crippen LogP contribution in [0.3, 0.4) is 0 Å². The Morgan fingerprint density at radius 1 is 1.19 bits per heavy atom. The van der Waals surface area contributed by atoms with Gasteiger partial charge in [0.2, 0.25) is 0 Å². The third kappa shape index (κ3) is 4.43. The first-order chi connectivity index (χ1) is 12.2. The molecule has 0 spiro atoms. The first-order valence-corrected chi connectivity index (χ1v) is 9.44. The van der Waals surface area contributed by atoms with Gasteiger partial charge in [-0.15, -0.1) is 0 Å². The van der Waals surface area contributed by atoms with E-state index in [9.17, 15) is 4.79 Å². The van der Waals surface area contributed by atoms with Gasteiger partial charge in [0.15, 0.2) is 11.5 Å². The van der Waals surface area contributed by atoms with Crippen LogP contribution in [0.25, 0.3) is 0 Å². The van der Waals surface area contributed by atoms with Crippen molar-refractivity contribution in [2.24, 2.45) is 5.92 Å². The number of fused-ring (bicyclic) bond motifs is 1. The number of carbonyl (C=O) groups excluding carboxylic acids is 1. The Balaban J connectivity index is 2.32. The van der Waals surface area contributed by atoms with Crippen LogP contribution in [0.15, 0.2) is 12.1 Å². The molecule has 5 nitrogen and oxygen atoms in total. The molecule has 1 aromatic rings. The number of hydrogen-bond donors (Lipinski definition) is 0. The molecule has 2 rings (SSSR count). The third-order valence-corrected chi connectivity index (χ3v) is 4.85. The van der Waals surface area contributed by atoms with Gasteiger partial charge in [-0.3, -0.25) is 0 Å². The maximum absolute atomic E-state index is 12.8. The average Bonchev–Trinajstić information content (AvgIpc) is 2.56. The standard InChI is InChI=1S/C21H33NO4/c1-8-11-22(20(23)26-21(3,4)5)17-13-15-9-10-18(24-6)19(25-7)16(15)12-14(17)2/h9-10,14,17H,8,11-13H2,1-7H3. The Morgan fingerprint density at radius 3 is 2.42 bits per heavy atom. The summed E-state index contributed by atoms with van der Waals surface area (Å²) < 4.78 is 16.7. The number of methoxy groups -OCH3 is 2. The molecule has 0 saturated carbocycles. The highest BCUT2D eigenvalue weighted by molar-refractivity contribution is 5.69. The van der Waals surface area contributed by atoms with E-state index in [1.807, 2.05) is 31.7 Å². The second-order valence-electron chi connectivity index (χ2n) is 8.07. The molecular weight excluding hydrogens is 330 g/mol. The molecule has 1 aliphatic rings. The summed E-state index contributed by atoms with van der Waals surface area (Å²) in [5, 5.41) is 0. The van der Waals surface area contributed by atoms with Gasteiger partial charge in [-0.1, -0.05) is 19.9 Å². The normalized spacial score (nSPS) is 19.5. The van der Waals surface area contributed by atoms with E-state index in [0.717, 1.165) is 30.8 Å². The van der Waals surface area contributed by atoms with Crippen LogP contribution < -0.4 is 9.47 Å². The Morgan fingerprint density at radius 2 is 1.88 bits per heavy atom. The minimum absolute atomic E-state index is 0.121. The van der Waals surface area contributed by atoms with Gasteiger partial charge in [-0.25, -0.2) is 4.79 Å². The molecule has 5 heteroatoms. The molecule has 26 heavy (non-hydrogen) atoms. The molecule has 0 N–H and O–H groups in total. The summed E-state index contributed by atoms with van der Waals surface area (Å²) in [6.07, 6.45) is 2.33. The Kier molecular flexibility index (Phi) is 6.43. The summed E-state index contributed by atoms with van der Waals surface area (Å²) in [6.45, 7) is 10.7. The van der Waals surface area contributed by atoms with Crippen molar-refractivity contribution in [3.8, 4) is 11.5 Å². The highest BCUT2D eigenvalue weighted by Crippen LogP contribution is 2.40. The van der Waals surface area contributed by atoms with Crippen LogP contribution in [0.2, 0.25) is 0 Å². The maximum Gasteiger partial charge on any atom is 0.410 e. The number of hydrogen-bond acceptors (Lipinski definition) is 4. The van der Waals surface area contributed by atoms with E-state index in [4.69, 9.17) is 14.2 Å². The van der Waals surface area contributed by atoms with Gasteiger partial charge >= 0.3 is 6.09 Å². The quantitative estimate of drug-likeness (QED) is 0.775. The minimum atomic E-state index is -0.491. The zero-order valence-electron chi connectivity index (χ0n) is 17.2. The fourth-order valence-corrected chi connectivity index (χ4v) is 3.70. The van der Waals surface area contributed by atoms with Crippen molar-refractivity contribution in [3.05, 3.63) is 23.3 Å². The summed E-state index contributed by atoms with van der Waals surface area (Å²) in [6, 6.07) is 4.16. The second-order valence-corrected chi connectivity index (χ2v) is 8.07. The van der Waals surface area contributed by atoms with E-state index >= 15 is 0 Å². The predicted octanol–water partition coefficient (Wildman–Crippen LogP) is 4.45. The van der Waals surface area contributed by atoms with Crippen molar-refractivity contribution < 1.29 is 19.0 Å². The topological polar surface area (TPSA) is 48.0 Å². The highest BCUT2D eigenvalue weighted by Gasteiger charge is 2.36. The molecule has 1 amide bonds. The molecule has 0 fully saturated rings. The van der Waals surface area contributed by atoms with Gasteiger partial charge in [-0.05, 0) is 57.6 Å². The molecule has 146 valence electrons. The van der Waals surface area contributed by atoms with E-state index in [2.05, 4.69) is 19.9 Å². The SMILES string of the molecule is CCCN(C(=O)OC(C)(C)C)C1Cc2ccc(OC)c(OC)c2CC1C. The molecule has 0 bridgehead atoms. The number of ether oxygens (including phenoxy) is 3. The third-order valence-electron chi connectivity index (χ3n) is 4.85. The first-order valence-electron chi connectivity index (χ1n) is 9.44. The lowest BCUT2D eigenvalue weighted by Gasteiger charge is -2.40. The molecule has 0 aliphatic heterocycles. The van der Waals surface area contributed by atoms with Gasteiger partial charge in [0.05, 0.1) is 14.2 Å². The van der Waals surface area contributed by atoms with Gasteiger partial charge in [-0.2, -0.15) is 0 Å². The monoisotopic (exact) mass is 363 g/mol. The van der Waals surface area contributed by atoms with Gasteiger partial charge in [0.1, 0.15) is 5.60 Å². The van der Waals surface area contributed by atoms with Crippen LogP contribution in [0.4, 0.5) is 4.79 Å². The van der Waals surface area contributed by atoms with E-state index < -0.39 is 5.60 Å². The second kappa shape index (κ2) is 8.19. The minimum Gasteiger partial charge on any atom is -0.493 e. The van der Waals surface area contributed by atoms with E-state index in [1.165, 1.54) is 11.1 Å². The summed E-state index contributed by atoms with van der Waals surface area (Å²) in [4.78, 5) is 14.7. The van der Waals surface area contributed by atoms with Crippen LogP contribution in [0.5, 0.6) is 11.5 Å². The van der Waals surface area contributed by atoms with Crippen LogP contribution >= 0.6 is 0 Å². The van der Waals surface area contributed by atoms with Crippen molar-refractivity contribution in [1.29, 1.82) is 0 Å². The molecule has 1 aliphatic carbocycles. The van der Waals surface area contributed by atoms with Crippen LogP contribution in [-0.2, 0) is 17.6 Å². The lowest BCUT2D eigenvalue weighted by molar-refractivity contribution is 0.00918. The van der Waals surface area contributed by atoms with E-state index in [1.54, 1.807) is 14.2 Å². The largest absolute Gasteiger partial charge is 0.493 e. The van der Waals surface area contributed by atoms with Gasteiger partial charge in [0, 0.05) is 18.2 Å². The number of rotatable bonds is 5. The molecular formula is C21H33NO4. The molecule has 0 aromatic heterocycles. The Bertz CT molecular complexity index is 636. The molecule has 0 heterocycles. The lowest BCUT2D eigenvalue weighted by atomic mass is 9.79. The van der Waals surface area contributed by atoms with Crippen LogP contribution in [0, 0.1) is 5.92 Å². The molecule has 2 unspecified atom stereocenters. The molecule has 0 radical (unpaired) electrons.